The van der Waals surface area contributed by atoms with Crippen LogP contribution < -0.4 is 19.5 Å². The molecule has 0 fully saturated rings. The quantitative estimate of drug-likeness (QED) is 0.786. The first-order valence-electron chi connectivity index (χ1n) is 6.33. The summed E-state index contributed by atoms with van der Waals surface area (Å²) in [6, 6.07) is 11.3. The van der Waals surface area contributed by atoms with Crippen LogP contribution in [-0.2, 0) is 0 Å². The molecule has 106 valence electrons. The maximum atomic E-state index is 5.66. The SMILES string of the molecule is COc1ccc(NCCOc2ccccc2OC)cn1. The molecule has 0 spiro atoms. The Morgan fingerprint density at radius 1 is 1.00 bits per heavy atom. The molecule has 0 aliphatic carbocycles. The van der Waals surface area contributed by atoms with Crippen molar-refractivity contribution in [2.75, 3.05) is 32.7 Å². The van der Waals surface area contributed by atoms with Crippen molar-refractivity contribution in [1.29, 1.82) is 0 Å². The van der Waals surface area contributed by atoms with Crippen molar-refractivity contribution in [3.8, 4) is 17.4 Å². The molecule has 0 aliphatic heterocycles. The summed E-state index contributed by atoms with van der Waals surface area (Å²) in [6.45, 7) is 1.21. The van der Waals surface area contributed by atoms with Crippen LogP contribution in [0.4, 0.5) is 5.69 Å². The van der Waals surface area contributed by atoms with Crippen LogP contribution in [-0.4, -0.2) is 32.4 Å². The van der Waals surface area contributed by atoms with Crippen molar-refractivity contribution in [1.82, 2.24) is 4.98 Å². The highest BCUT2D eigenvalue weighted by Gasteiger charge is 2.01. The molecule has 1 N–H and O–H groups in total. The Labute approximate surface area is 118 Å². The van der Waals surface area contributed by atoms with Crippen molar-refractivity contribution in [2.24, 2.45) is 0 Å². The zero-order valence-electron chi connectivity index (χ0n) is 11.6. The van der Waals surface area contributed by atoms with Crippen molar-refractivity contribution in [3.05, 3.63) is 42.6 Å². The van der Waals surface area contributed by atoms with Crippen molar-refractivity contribution >= 4 is 5.69 Å². The number of rotatable bonds is 7. The molecule has 0 radical (unpaired) electrons. The molecule has 0 saturated carbocycles. The van der Waals surface area contributed by atoms with Crippen LogP contribution in [0.25, 0.3) is 0 Å². The van der Waals surface area contributed by atoms with Crippen molar-refractivity contribution in [2.45, 2.75) is 0 Å². The number of hydrogen-bond acceptors (Lipinski definition) is 5. The number of hydrogen-bond donors (Lipinski definition) is 1. The summed E-state index contributed by atoms with van der Waals surface area (Å²) < 4.78 is 15.9. The summed E-state index contributed by atoms with van der Waals surface area (Å²) in [4.78, 5) is 4.12. The molecule has 1 aromatic heterocycles. The van der Waals surface area contributed by atoms with E-state index in [4.69, 9.17) is 14.2 Å². The smallest absolute Gasteiger partial charge is 0.213 e. The van der Waals surface area contributed by atoms with Gasteiger partial charge in [-0.2, -0.15) is 0 Å². The molecule has 0 bridgehead atoms. The molecular weight excluding hydrogens is 256 g/mol. The van der Waals surface area contributed by atoms with E-state index < -0.39 is 0 Å². The predicted octanol–water partition coefficient (Wildman–Crippen LogP) is 2.59. The molecule has 5 nitrogen and oxygen atoms in total. The molecule has 0 amide bonds. The molecule has 2 aromatic rings. The van der Waals surface area contributed by atoms with E-state index in [0.717, 1.165) is 17.2 Å². The van der Waals surface area contributed by atoms with Crippen LogP contribution >= 0.6 is 0 Å². The van der Waals surface area contributed by atoms with Gasteiger partial charge in [0.05, 0.1) is 26.1 Å². The topological polar surface area (TPSA) is 52.6 Å². The Kier molecular flexibility index (Phi) is 5.06. The largest absolute Gasteiger partial charge is 0.493 e. The van der Waals surface area contributed by atoms with Gasteiger partial charge in [-0.05, 0) is 18.2 Å². The number of anilines is 1. The first-order chi connectivity index (χ1) is 9.83. The van der Waals surface area contributed by atoms with Gasteiger partial charge in [-0.1, -0.05) is 12.1 Å². The van der Waals surface area contributed by atoms with Crippen LogP contribution in [0, 0.1) is 0 Å². The molecule has 20 heavy (non-hydrogen) atoms. The number of aromatic nitrogens is 1. The molecule has 5 heteroatoms. The zero-order valence-corrected chi connectivity index (χ0v) is 11.6. The van der Waals surface area contributed by atoms with E-state index in [9.17, 15) is 0 Å². The second-order valence-electron chi connectivity index (χ2n) is 4.02. The average molecular weight is 274 g/mol. The Morgan fingerprint density at radius 2 is 1.80 bits per heavy atom. The maximum absolute atomic E-state index is 5.66. The number of benzene rings is 1. The van der Waals surface area contributed by atoms with Gasteiger partial charge in [-0.15, -0.1) is 0 Å². The van der Waals surface area contributed by atoms with Crippen LogP contribution in [0.5, 0.6) is 17.4 Å². The van der Waals surface area contributed by atoms with Gasteiger partial charge in [-0.25, -0.2) is 4.98 Å². The Hall–Kier alpha value is -2.43. The molecule has 1 heterocycles. The van der Waals surface area contributed by atoms with E-state index in [1.54, 1.807) is 20.4 Å². The normalized spacial score (nSPS) is 9.90. The predicted molar refractivity (Wildman–Crippen MR) is 77.8 cm³/mol. The van der Waals surface area contributed by atoms with E-state index in [1.807, 2.05) is 36.4 Å². The molecule has 0 saturated heterocycles. The highest BCUT2D eigenvalue weighted by Crippen LogP contribution is 2.25. The summed E-state index contributed by atoms with van der Waals surface area (Å²) in [5.41, 5.74) is 0.925. The number of para-hydroxylation sites is 2. The zero-order chi connectivity index (χ0) is 14.2. The fraction of sp³-hybridized carbons (Fsp3) is 0.267. The summed E-state index contributed by atoms with van der Waals surface area (Å²) >= 11 is 0. The number of pyridine rings is 1. The fourth-order valence-corrected chi connectivity index (χ4v) is 1.70. The number of ether oxygens (including phenoxy) is 3. The van der Waals surface area contributed by atoms with E-state index in [2.05, 4.69) is 10.3 Å². The number of nitrogens with zero attached hydrogens (tertiary/aromatic N) is 1. The molecular formula is C15H18N2O3. The molecule has 0 unspecified atom stereocenters. The minimum absolute atomic E-state index is 0.534. The third-order valence-electron chi connectivity index (χ3n) is 2.70. The van der Waals surface area contributed by atoms with Gasteiger partial charge < -0.3 is 19.5 Å². The van der Waals surface area contributed by atoms with E-state index in [-0.39, 0.29) is 0 Å². The lowest BCUT2D eigenvalue weighted by Gasteiger charge is -2.11. The third-order valence-corrected chi connectivity index (χ3v) is 2.70. The number of methoxy groups -OCH3 is 2. The van der Waals surface area contributed by atoms with Crippen LogP contribution in [0.1, 0.15) is 0 Å². The summed E-state index contributed by atoms with van der Waals surface area (Å²) in [5, 5.41) is 3.22. The molecule has 0 atom stereocenters. The van der Waals surface area contributed by atoms with E-state index in [1.165, 1.54) is 0 Å². The van der Waals surface area contributed by atoms with E-state index >= 15 is 0 Å². The highest BCUT2D eigenvalue weighted by atomic mass is 16.5. The van der Waals surface area contributed by atoms with Gasteiger partial charge in [-0.3, -0.25) is 0 Å². The van der Waals surface area contributed by atoms with Crippen molar-refractivity contribution < 1.29 is 14.2 Å². The lowest BCUT2D eigenvalue weighted by molar-refractivity contribution is 0.306. The highest BCUT2D eigenvalue weighted by molar-refractivity contribution is 5.42. The van der Waals surface area contributed by atoms with E-state index in [0.29, 0.717) is 19.0 Å². The molecule has 0 aliphatic rings. The van der Waals surface area contributed by atoms with Crippen LogP contribution in [0.15, 0.2) is 42.6 Å². The van der Waals surface area contributed by atoms with Gasteiger partial charge in [0.2, 0.25) is 5.88 Å². The summed E-state index contributed by atoms with van der Waals surface area (Å²) in [6.07, 6.45) is 1.72. The second kappa shape index (κ2) is 7.23. The van der Waals surface area contributed by atoms with Crippen LogP contribution in [0.2, 0.25) is 0 Å². The minimum Gasteiger partial charge on any atom is -0.493 e. The number of nitrogens with one attached hydrogen (secondary N) is 1. The van der Waals surface area contributed by atoms with Gasteiger partial charge in [0, 0.05) is 12.6 Å². The van der Waals surface area contributed by atoms with Gasteiger partial charge in [0.15, 0.2) is 11.5 Å². The van der Waals surface area contributed by atoms with Crippen LogP contribution in [0.3, 0.4) is 0 Å². The maximum Gasteiger partial charge on any atom is 0.213 e. The average Bonchev–Trinajstić information content (AvgIpc) is 2.52. The van der Waals surface area contributed by atoms with Gasteiger partial charge in [0.25, 0.3) is 0 Å². The standard InChI is InChI=1S/C15H18N2O3/c1-18-13-5-3-4-6-14(13)20-10-9-16-12-7-8-15(19-2)17-11-12/h3-8,11,16H,9-10H2,1-2H3. The molecule has 1 aromatic carbocycles. The monoisotopic (exact) mass is 274 g/mol. The Balaban J connectivity index is 1.78. The minimum atomic E-state index is 0.534. The lowest BCUT2D eigenvalue weighted by Crippen LogP contribution is -2.12. The fourth-order valence-electron chi connectivity index (χ4n) is 1.70. The van der Waals surface area contributed by atoms with Crippen molar-refractivity contribution in [3.63, 3.8) is 0 Å². The van der Waals surface area contributed by atoms with Gasteiger partial charge in [0.1, 0.15) is 6.61 Å². The third kappa shape index (κ3) is 3.78. The van der Waals surface area contributed by atoms with Gasteiger partial charge >= 0.3 is 0 Å². The summed E-state index contributed by atoms with van der Waals surface area (Å²) in [7, 11) is 3.22. The Bertz CT molecular complexity index is 529. The first kappa shape index (κ1) is 14.0. The Morgan fingerprint density at radius 3 is 2.45 bits per heavy atom. The second-order valence-corrected chi connectivity index (χ2v) is 4.02. The lowest BCUT2D eigenvalue weighted by atomic mass is 10.3. The first-order valence-corrected chi connectivity index (χ1v) is 6.33. The summed E-state index contributed by atoms with van der Waals surface area (Å²) in [5.74, 6) is 2.07. The molecule has 2 rings (SSSR count).